The number of carbonyl (C=O) groups is 6. The van der Waals surface area contributed by atoms with E-state index in [1.165, 1.54) is 31.4 Å². The molecule has 0 bridgehead atoms. The van der Waals surface area contributed by atoms with Crippen molar-refractivity contribution >= 4 is 35.4 Å². The van der Waals surface area contributed by atoms with Gasteiger partial charge in [0, 0.05) is 32.7 Å². The van der Waals surface area contributed by atoms with Gasteiger partial charge in [-0.1, -0.05) is 30.3 Å². The number of aliphatic carboxylic acids is 1. The minimum atomic E-state index is -1.22. The van der Waals surface area contributed by atoms with E-state index in [4.69, 9.17) is 9.47 Å². The predicted molar refractivity (Wildman–Crippen MR) is 126 cm³/mol. The molecule has 13 heteroatoms. The van der Waals surface area contributed by atoms with E-state index in [1.54, 1.807) is 18.2 Å². The first-order chi connectivity index (χ1) is 17.7. The van der Waals surface area contributed by atoms with Crippen LogP contribution < -0.4 is 10.6 Å². The van der Waals surface area contributed by atoms with Gasteiger partial charge in [0.1, 0.15) is 12.1 Å². The number of carboxylic acid groups (broad SMARTS) is 1. The van der Waals surface area contributed by atoms with Crippen LogP contribution in [0.2, 0.25) is 0 Å². The second-order valence-electron chi connectivity index (χ2n) is 8.67. The molecular formula is C24H30N4O9. The number of amides is 4. The molecule has 0 spiro atoms. The lowest BCUT2D eigenvalue weighted by Crippen LogP contribution is -2.65. The Morgan fingerprint density at radius 2 is 1.76 bits per heavy atom. The summed E-state index contributed by atoms with van der Waals surface area (Å²) in [6, 6.07) is 4.36. The molecule has 2 saturated heterocycles. The number of benzene rings is 1. The number of hydrogen-bond acceptors (Lipinski definition) is 8. The molecule has 3 rings (SSSR count). The second-order valence-corrected chi connectivity index (χ2v) is 8.67. The van der Waals surface area contributed by atoms with Crippen LogP contribution in [0.3, 0.4) is 0 Å². The minimum absolute atomic E-state index is 0.0517. The molecule has 2 aliphatic rings. The van der Waals surface area contributed by atoms with Crippen LogP contribution in [0.15, 0.2) is 30.3 Å². The van der Waals surface area contributed by atoms with Crippen molar-refractivity contribution in [2.45, 2.75) is 56.5 Å². The molecule has 0 unspecified atom stereocenters. The summed E-state index contributed by atoms with van der Waals surface area (Å²) < 4.78 is 10.2. The average Bonchev–Trinajstić information content (AvgIpc) is 3.01. The molecule has 2 heterocycles. The minimum Gasteiger partial charge on any atom is -0.481 e. The molecule has 13 nitrogen and oxygen atoms in total. The van der Waals surface area contributed by atoms with Crippen LogP contribution in [-0.2, 0) is 33.4 Å². The fourth-order valence-electron chi connectivity index (χ4n) is 4.46. The van der Waals surface area contributed by atoms with Crippen LogP contribution in [0.25, 0.3) is 0 Å². The number of hydrogen-bond donors (Lipinski definition) is 3. The molecule has 2 fully saturated rings. The third-order valence-corrected chi connectivity index (χ3v) is 6.23. The number of nitrogens with zero attached hydrogens (tertiary/aromatic N) is 2. The van der Waals surface area contributed by atoms with Gasteiger partial charge in [0.05, 0.1) is 12.5 Å². The lowest BCUT2D eigenvalue weighted by atomic mass is 10.0. The van der Waals surface area contributed by atoms with Crippen molar-refractivity contribution in [3.63, 3.8) is 0 Å². The molecule has 1 aromatic carbocycles. The fourth-order valence-corrected chi connectivity index (χ4v) is 4.46. The summed E-state index contributed by atoms with van der Waals surface area (Å²) in [5.41, 5.74) is 0.143. The van der Waals surface area contributed by atoms with Crippen molar-refractivity contribution in [3.05, 3.63) is 35.9 Å². The number of hydrazine groups is 1. The topological polar surface area (TPSA) is 172 Å². The highest BCUT2D eigenvalue weighted by molar-refractivity contribution is 6.43. The van der Waals surface area contributed by atoms with Crippen molar-refractivity contribution < 1.29 is 43.3 Å². The zero-order valence-corrected chi connectivity index (χ0v) is 20.5. The molecular weight excluding hydrogens is 488 g/mol. The number of fused-ring (bicyclic) bond motifs is 1. The molecule has 0 radical (unpaired) electrons. The summed E-state index contributed by atoms with van der Waals surface area (Å²) in [7, 11) is 2.58. The summed E-state index contributed by atoms with van der Waals surface area (Å²) in [6.07, 6.45) is -1.12. The van der Waals surface area contributed by atoms with E-state index >= 15 is 0 Å². The Bertz CT molecular complexity index is 1040. The Kier molecular flexibility index (Phi) is 9.31. The lowest BCUT2D eigenvalue weighted by Gasteiger charge is -2.43. The van der Waals surface area contributed by atoms with Gasteiger partial charge >= 0.3 is 5.97 Å². The van der Waals surface area contributed by atoms with Crippen molar-refractivity contribution in [3.8, 4) is 0 Å². The highest BCUT2D eigenvalue weighted by Gasteiger charge is 2.45. The molecule has 3 atom stereocenters. The first-order valence-corrected chi connectivity index (χ1v) is 11.8. The van der Waals surface area contributed by atoms with Crippen molar-refractivity contribution in [2.24, 2.45) is 0 Å². The van der Waals surface area contributed by atoms with Crippen molar-refractivity contribution in [1.29, 1.82) is 0 Å². The van der Waals surface area contributed by atoms with Gasteiger partial charge in [-0.15, -0.1) is 0 Å². The first-order valence-electron chi connectivity index (χ1n) is 11.8. The molecule has 4 amide bonds. The van der Waals surface area contributed by atoms with Gasteiger partial charge in [0.15, 0.2) is 6.29 Å². The van der Waals surface area contributed by atoms with Gasteiger partial charge in [0.25, 0.3) is 11.8 Å². The lowest BCUT2D eigenvalue weighted by molar-refractivity contribution is -0.177. The van der Waals surface area contributed by atoms with Gasteiger partial charge in [0.2, 0.25) is 17.6 Å². The van der Waals surface area contributed by atoms with Crippen molar-refractivity contribution in [1.82, 2.24) is 20.7 Å². The summed E-state index contributed by atoms with van der Waals surface area (Å²) in [5, 5.41) is 16.4. The number of methoxy groups -OCH3 is 2. The molecule has 0 aromatic heterocycles. The fraction of sp³-hybridized carbons (Fsp3) is 0.500. The molecule has 200 valence electrons. The van der Waals surface area contributed by atoms with Gasteiger partial charge in [-0.3, -0.25) is 33.8 Å². The monoisotopic (exact) mass is 518 g/mol. The molecule has 0 saturated carbocycles. The molecule has 1 aromatic rings. The van der Waals surface area contributed by atoms with E-state index in [2.05, 4.69) is 10.6 Å². The Morgan fingerprint density at radius 1 is 1.08 bits per heavy atom. The highest BCUT2D eigenvalue weighted by atomic mass is 16.7. The number of Topliss-reactive ketones (excluding diaryl/α,β-unsaturated/α-hetero) is 1. The standard InChI is InChI=1S/C24H30N4O9/c1-36-24(37-2)16(13-19(30)31)26-21(33)17-9-6-12-27-18(29)11-10-15(23(35)28(17)27)25-22(34)20(32)14-7-4-3-5-8-14/h3-5,7-8,15-17,24H,6,9-13H2,1-2H3,(H,25,34)(H,26,33)(H,30,31)/t15-,16-,17-/m0/s1. The third kappa shape index (κ3) is 6.49. The predicted octanol–water partition coefficient (Wildman–Crippen LogP) is -0.539. The van der Waals surface area contributed by atoms with Crippen LogP contribution in [0.4, 0.5) is 0 Å². The quantitative estimate of drug-likeness (QED) is 0.209. The number of ether oxygens (including phenoxy) is 2. The van der Waals surface area contributed by atoms with E-state index in [0.29, 0.717) is 6.42 Å². The number of ketones is 1. The van der Waals surface area contributed by atoms with E-state index < -0.39 is 66.2 Å². The Hall–Kier alpha value is -3.84. The number of carbonyl (C=O) groups excluding carboxylic acids is 5. The van der Waals surface area contributed by atoms with Gasteiger partial charge in [-0.05, 0) is 19.3 Å². The van der Waals surface area contributed by atoms with E-state index in [-0.39, 0.29) is 31.4 Å². The Morgan fingerprint density at radius 3 is 2.38 bits per heavy atom. The van der Waals surface area contributed by atoms with Crippen molar-refractivity contribution in [2.75, 3.05) is 20.8 Å². The smallest absolute Gasteiger partial charge is 0.305 e. The van der Waals surface area contributed by atoms with Crippen LogP contribution in [-0.4, -0.2) is 95.7 Å². The number of rotatable bonds is 10. The molecule has 3 N–H and O–H groups in total. The van der Waals surface area contributed by atoms with E-state index in [1.807, 2.05) is 0 Å². The maximum atomic E-state index is 13.5. The Balaban J connectivity index is 1.81. The van der Waals surface area contributed by atoms with Gasteiger partial charge < -0.3 is 25.2 Å². The molecule has 37 heavy (non-hydrogen) atoms. The van der Waals surface area contributed by atoms with E-state index in [9.17, 15) is 33.9 Å². The summed E-state index contributed by atoms with van der Waals surface area (Å²) in [4.78, 5) is 76.1. The SMILES string of the molecule is COC(OC)[C@H](CC(=O)O)NC(=O)[C@@H]1CCCN2C(=O)CC[C@H](NC(=O)C(=O)c3ccccc3)C(=O)N12. The van der Waals surface area contributed by atoms with Crippen LogP contribution in [0.1, 0.15) is 42.5 Å². The van der Waals surface area contributed by atoms with Crippen LogP contribution in [0, 0.1) is 0 Å². The Labute approximate surface area is 213 Å². The van der Waals surface area contributed by atoms with Crippen LogP contribution >= 0.6 is 0 Å². The highest BCUT2D eigenvalue weighted by Crippen LogP contribution is 2.25. The van der Waals surface area contributed by atoms with Gasteiger partial charge in [-0.25, -0.2) is 5.01 Å². The van der Waals surface area contributed by atoms with Gasteiger partial charge in [-0.2, -0.15) is 0 Å². The summed E-state index contributed by atoms with van der Waals surface area (Å²) in [5.74, 6) is -4.89. The zero-order valence-electron chi connectivity index (χ0n) is 20.5. The normalized spacial score (nSPS) is 20.6. The second kappa shape index (κ2) is 12.4. The summed E-state index contributed by atoms with van der Waals surface area (Å²) >= 11 is 0. The van der Waals surface area contributed by atoms with E-state index in [0.717, 1.165) is 5.01 Å². The maximum Gasteiger partial charge on any atom is 0.305 e. The number of carboxylic acids is 1. The van der Waals surface area contributed by atoms with Crippen LogP contribution in [0.5, 0.6) is 0 Å². The number of nitrogens with one attached hydrogen (secondary N) is 2. The molecule has 0 aliphatic carbocycles. The first kappa shape index (κ1) is 27.7. The average molecular weight is 519 g/mol. The maximum absolute atomic E-state index is 13.5. The largest absolute Gasteiger partial charge is 0.481 e. The third-order valence-electron chi connectivity index (χ3n) is 6.23. The summed E-state index contributed by atoms with van der Waals surface area (Å²) in [6.45, 7) is 0.190. The molecule has 2 aliphatic heterocycles. The zero-order chi connectivity index (χ0) is 27.1.